The zero-order chi connectivity index (χ0) is 16.9. The van der Waals surface area contributed by atoms with E-state index in [0.29, 0.717) is 5.75 Å². The summed E-state index contributed by atoms with van der Waals surface area (Å²) in [6.45, 7) is 2.06. The summed E-state index contributed by atoms with van der Waals surface area (Å²) in [7, 11) is 1.86. The van der Waals surface area contributed by atoms with Gasteiger partial charge in [-0.1, -0.05) is 47.7 Å². The van der Waals surface area contributed by atoms with Crippen LogP contribution in [0.15, 0.2) is 53.3 Å². The molecule has 1 N–H and O–H groups in total. The van der Waals surface area contributed by atoms with Gasteiger partial charge in [-0.25, -0.2) is 0 Å². The summed E-state index contributed by atoms with van der Waals surface area (Å²) in [5.41, 5.74) is 2.29. The Morgan fingerprint density at radius 3 is 2.75 bits per heavy atom. The van der Waals surface area contributed by atoms with Crippen molar-refractivity contribution >= 4 is 29.0 Å². The fraction of sp³-hybridized carbons (Fsp3) is 0.235. The quantitative estimate of drug-likeness (QED) is 0.688. The van der Waals surface area contributed by atoms with E-state index in [-0.39, 0.29) is 11.9 Å². The third-order valence-electron chi connectivity index (χ3n) is 3.55. The van der Waals surface area contributed by atoms with Gasteiger partial charge in [-0.15, -0.1) is 21.5 Å². The Balaban J connectivity index is 1.71. The Morgan fingerprint density at radius 2 is 2.12 bits per heavy atom. The van der Waals surface area contributed by atoms with Crippen LogP contribution < -0.4 is 5.32 Å². The summed E-state index contributed by atoms with van der Waals surface area (Å²) in [6.07, 6.45) is 1.63. The first-order valence-electron chi connectivity index (χ1n) is 7.49. The highest BCUT2D eigenvalue weighted by Crippen LogP contribution is 2.26. The molecule has 1 unspecified atom stereocenters. The summed E-state index contributed by atoms with van der Waals surface area (Å²) in [5, 5.41) is 13.7. The standard InChI is InChI=1S/C17H18N4OS2/c1-12-5-7-13(8-6-12)16(14-4-3-9-23-14)19-15(22)10-24-17-20-18-11-21(17)2/h3-9,11,16H,10H2,1-2H3,(H,19,22). The van der Waals surface area contributed by atoms with Gasteiger partial charge in [0.1, 0.15) is 6.33 Å². The molecular formula is C17H18N4OS2. The van der Waals surface area contributed by atoms with Crippen molar-refractivity contribution in [1.29, 1.82) is 0 Å². The summed E-state index contributed by atoms with van der Waals surface area (Å²) in [5.74, 6) is 0.280. The van der Waals surface area contributed by atoms with E-state index in [2.05, 4.69) is 46.7 Å². The third kappa shape index (κ3) is 4.04. The molecule has 5 nitrogen and oxygen atoms in total. The molecule has 24 heavy (non-hydrogen) atoms. The fourth-order valence-corrected chi connectivity index (χ4v) is 3.77. The molecule has 3 aromatic rings. The highest BCUT2D eigenvalue weighted by Gasteiger charge is 2.18. The average molecular weight is 358 g/mol. The number of carbonyl (C=O) groups excluding carboxylic acids is 1. The molecule has 0 bridgehead atoms. The van der Waals surface area contributed by atoms with E-state index in [1.165, 1.54) is 17.3 Å². The van der Waals surface area contributed by atoms with Gasteiger partial charge in [0.15, 0.2) is 5.16 Å². The van der Waals surface area contributed by atoms with Gasteiger partial charge < -0.3 is 9.88 Å². The van der Waals surface area contributed by atoms with Crippen molar-refractivity contribution in [2.24, 2.45) is 7.05 Å². The predicted molar refractivity (Wildman–Crippen MR) is 97.2 cm³/mol. The Hall–Kier alpha value is -2.12. The number of aromatic nitrogens is 3. The first-order chi connectivity index (χ1) is 11.6. The van der Waals surface area contributed by atoms with Crippen LogP contribution in [0.25, 0.3) is 0 Å². The number of hydrogen-bond donors (Lipinski definition) is 1. The lowest BCUT2D eigenvalue weighted by Crippen LogP contribution is -2.30. The van der Waals surface area contributed by atoms with E-state index in [0.717, 1.165) is 15.6 Å². The normalized spacial score (nSPS) is 12.1. The van der Waals surface area contributed by atoms with Crippen molar-refractivity contribution in [2.75, 3.05) is 5.75 Å². The van der Waals surface area contributed by atoms with Gasteiger partial charge in [0, 0.05) is 11.9 Å². The second-order valence-electron chi connectivity index (χ2n) is 5.44. The summed E-state index contributed by atoms with van der Waals surface area (Å²) < 4.78 is 1.80. The number of thioether (sulfide) groups is 1. The van der Waals surface area contributed by atoms with Crippen LogP contribution in [-0.4, -0.2) is 26.4 Å². The molecule has 2 heterocycles. The van der Waals surface area contributed by atoms with Gasteiger partial charge in [0.05, 0.1) is 11.8 Å². The van der Waals surface area contributed by atoms with Gasteiger partial charge in [-0.2, -0.15) is 0 Å². The van der Waals surface area contributed by atoms with Crippen LogP contribution in [0.4, 0.5) is 0 Å². The van der Waals surface area contributed by atoms with Gasteiger partial charge >= 0.3 is 0 Å². The Bertz CT molecular complexity index is 796. The molecule has 3 rings (SSSR count). The summed E-state index contributed by atoms with van der Waals surface area (Å²) in [6, 6.07) is 12.2. The molecule has 1 amide bonds. The van der Waals surface area contributed by atoms with Crippen LogP contribution >= 0.6 is 23.1 Å². The number of rotatable bonds is 6. The molecule has 124 valence electrons. The number of nitrogens with zero attached hydrogens (tertiary/aromatic N) is 3. The van der Waals surface area contributed by atoms with Gasteiger partial charge in [0.25, 0.3) is 0 Å². The van der Waals surface area contributed by atoms with Crippen molar-refractivity contribution < 1.29 is 4.79 Å². The van der Waals surface area contributed by atoms with Crippen LogP contribution in [0.1, 0.15) is 22.0 Å². The Morgan fingerprint density at radius 1 is 1.33 bits per heavy atom. The average Bonchev–Trinajstić information content (AvgIpc) is 3.23. The van der Waals surface area contributed by atoms with Gasteiger partial charge in [-0.3, -0.25) is 4.79 Å². The lowest BCUT2D eigenvalue weighted by Gasteiger charge is -2.18. The van der Waals surface area contributed by atoms with E-state index in [1.54, 1.807) is 22.2 Å². The van der Waals surface area contributed by atoms with E-state index in [9.17, 15) is 4.79 Å². The highest BCUT2D eigenvalue weighted by atomic mass is 32.2. The number of thiophene rings is 1. The van der Waals surface area contributed by atoms with Crippen LogP contribution in [0.3, 0.4) is 0 Å². The highest BCUT2D eigenvalue weighted by molar-refractivity contribution is 7.99. The molecule has 7 heteroatoms. The molecule has 0 aliphatic rings. The molecule has 1 aromatic carbocycles. The fourth-order valence-electron chi connectivity index (χ4n) is 2.27. The minimum Gasteiger partial charge on any atom is -0.344 e. The smallest absolute Gasteiger partial charge is 0.231 e. The number of benzene rings is 1. The SMILES string of the molecule is Cc1ccc(C(NC(=O)CSc2nncn2C)c2cccs2)cc1. The van der Waals surface area contributed by atoms with Gasteiger partial charge in [0.2, 0.25) is 5.91 Å². The number of nitrogens with one attached hydrogen (secondary N) is 1. The van der Waals surface area contributed by atoms with Crippen molar-refractivity contribution in [1.82, 2.24) is 20.1 Å². The van der Waals surface area contributed by atoms with Crippen molar-refractivity contribution in [2.45, 2.75) is 18.1 Å². The molecule has 0 aliphatic heterocycles. The minimum absolute atomic E-state index is 0.0259. The monoisotopic (exact) mass is 358 g/mol. The maximum Gasteiger partial charge on any atom is 0.231 e. The Labute approximate surface area is 149 Å². The van der Waals surface area contributed by atoms with E-state index in [4.69, 9.17) is 0 Å². The largest absolute Gasteiger partial charge is 0.344 e. The lowest BCUT2D eigenvalue weighted by atomic mass is 10.0. The van der Waals surface area contributed by atoms with Crippen LogP contribution in [0.5, 0.6) is 0 Å². The number of aryl methyl sites for hydroxylation is 2. The molecule has 0 spiro atoms. The predicted octanol–water partition coefficient (Wildman–Crippen LogP) is 3.18. The maximum absolute atomic E-state index is 12.4. The van der Waals surface area contributed by atoms with Gasteiger partial charge in [-0.05, 0) is 23.9 Å². The number of hydrogen-bond acceptors (Lipinski definition) is 5. The van der Waals surface area contributed by atoms with Crippen molar-refractivity contribution in [3.8, 4) is 0 Å². The second kappa shape index (κ2) is 7.63. The number of carbonyl (C=O) groups is 1. The summed E-state index contributed by atoms with van der Waals surface area (Å²) >= 11 is 3.02. The maximum atomic E-state index is 12.4. The molecular weight excluding hydrogens is 340 g/mol. The first kappa shape index (κ1) is 16.7. The first-order valence-corrected chi connectivity index (χ1v) is 9.36. The third-order valence-corrected chi connectivity index (χ3v) is 5.52. The molecule has 0 saturated carbocycles. The molecule has 0 aliphatic carbocycles. The molecule has 0 saturated heterocycles. The molecule has 0 radical (unpaired) electrons. The minimum atomic E-state index is -0.127. The topological polar surface area (TPSA) is 59.8 Å². The van der Waals surface area contributed by atoms with Crippen LogP contribution in [0.2, 0.25) is 0 Å². The van der Waals surface area contributed by atoms with Crippen LogP contribution in [-0.2, 0) is 11.8 Å². The van der Waals surface area contributed by atoms with E-state index >= 15 is 0 Å². The van der Waals surface area contributed by atoms with Crippen molar-refractivity contribution in [3.05, 3.63) is 64.1 Å². The zero-order valence-corrected chi connectivity index (χ0v) is 15.1. The number of amides is 1. The van der Waals surface area contributed by atoms with E-state index < -0.39 is 0 Å². The molecule has 2 aromatic heterocycles. The van der Waals surface area contributed by atoms with Crippen molar-refractivity contribution in [3.63, 3.8) is 0 Å². The Kier molecular flexibility index (Phi) is 5.32. The lowest BCUT2D eigenvalue weighted by molar-refractivity contribution is -0.119. The molecule has 1 atom stereocenters. The van der Waals surface area contributed by atoms with Crippen LogP contribution in [0, 0.1) is 6.92 Å². The summed E-state index contributed by atoms with van der Waals surface area (Å²) in [4.78, 5) is 13.5. The second-order valence-corrected chi connectivity index (χ2v) is 7.36. The zero-order valence-electron chi connectivity index (χ0n) is 13.5. The molecule has 0 fully saturated rings. The van der Waals surface area contributed by atoms with E-state index in [1.807, 2.05) is 24.6 Å².